The normalized spacial score (nSPS) is 17.6. The average molecular weight is 423 g/mol. The van der Waals surface area contributed by atoms with Gasteiger partial charge in [0.05, 0.1) is 7.11 Å². The molecule has 2 heterocycles. The summed E-state index contributed by atoms with van der Waals surface area (Å²) in [5, 5.41) is 2.89. The average Bonchev–Trinajstić information content (AvgIpc) is 3.33. The molecule has 0 radical (unpaired) electrons. The van der Waals surface area contributed by atoms with Gasteiger partial charge in [0.2, 0.25) is 10.0 Å². The summed E-state index contributed by atoms with van der Waals surface area (Å²) in [7, 11) is -2.30. The van der Waals surface area contributed by atoms with E-state index in [0.29, 0.717) is 31.7 Å². The van der Waals surface area contributed by atoms with Crippen LogP contribution < -0.4 is 14.4 Å². The molecule has 28 heavy (non-hydrogen) atoms. The van der Waals surface area contributed by atoms with E-state index in [4.69, 9.17) is 4.74 Å². The zero-order valence-corrected chi connectivity index (χ0v) is 17.1. The lowest BCUT2D eigenvalue weighted by atomic mass is 10.1. The second kappa shape index (κ2) is 7.69. The zero-order chi connectivity index (χ0) is 19.7. The third-order valence-electron chi connectivity index (χ3n) is 4.86. The van der Waals surface area contributed by atoms with Crippen molar-refractivity contribution in [1.82, 2.24) is 14.6 Å². The molecule has 10 heteroatoms. The van der Waals surface area contributed by atoms with Crippen LogP contribution in [0.4, 0.5) is 5.13 Å². The third-order valence-corrected chi connectivity index (χ3v) is 7.23. The van der Waals surface area contributed by atoms with Crippen LogP contribution >= 0.6 is 11.3 Å². The van der Waals surface area contributed by atoms with E-state index in [1.165, 1.54) is 13.2 Å². The highest BCUT2D eigenvalue weighted by Gasteiger charge is 2.31. The van der Waals surface area contributed by atoms with E-state index < -0.39 is 10.0 Å². The van der Waals surface area contributed by atoms with E-state index in [-0.39, 0.29) is 22.6 Å². The molecule has 1 aliphatic carbocycles. The Hall–Kier alpha value is -2.17. The molecular weight excluding hydrogens is 400 g/mol. The summed E-state index contributed by atoms with van der Waals surface area (Å²) < 4.78 is 33.2. The van der Waals surface area contributed by atoms with E-state index in [0.717, 1.165) is 18.0 Å². The molecule has 0 atom stereocenters. The minimum atomic E-state index is -3.73. The summed E-state index contributed by atoms with van der Waals surface area (Å²) in [6.45, 7) is 2.52. The molecule has 1 saturated carbocycles. The lowest BCUT2D eigenvalue weighted by molar-refractivity contribution is 0.0746. The molecule has 2 aromatic rings. The summed E-state index contributed by atoms with van der Waals surface area (Å²) in [5.41, 5.74) is 0.347. The number of nitrogens with zero attached hydrogens (tertiary/aromatic N) is 3. The Morgan fingerprint density at radius 2 is 2.00 bits per heavy atom. The lowest BCUT2D eigenvalue weighted by Gasteiger charge is -2.34. The van der Waals surface area contributed by atoms with Gasteiger partial charge in [0.15, 0.2) is 5.13 Å². The molecule has 1 amide bonds. The topological polar surface area (TPSA) is 91.8 Å². The molecule has 8 nitrogen and oxygen atoms in total. The van der Waals surface area contributed by atoms with E-state index in [2.05, 4.69) is 14.6 Å². The van der Waals surface area contributed by atoms with Crippen LogP contribution in [0.2, 0.25) is 0 Å². The van der Waals surface area contributed by atoms with Gasteiger partial charge in [0, 0.05) is 49.4 Å². The number of hydrogen-bond acceptors (Lipinski definition) is 7. The Kier molecular flexibility index (Phi) is 5.26. The second-order valence-corrected chi connectivity index (χ2v) is 9.41. The fourth-order valence-electron chi connectivity index (χ4n) is 3.16. The lowest BCUT2D eigenvalue weighted by Crippen LogP contribution is -2.48. The maximum absolute atomic E-state index is 12.9. The number of piperazine rings is 1. The standard InChI is InChI=1S/C18H22N4O4S2/c1-26-15-5-2-13(12-16(15)28(24,25)20-14-3-4-14)17(23)21-7-9-22(10-8-21)18-19-6-11-27-18/h2,5-6,11-12,14,20H,3-4,7-10H2,1H3. The predicted molar refractivity (Wildman–Crippen MR) is 107 cm³/mol. The first-order valence-electron chi connectivity index (χ1n) is 9.12. The first-order valence-corrected chi connectivity index (χ1v) is 11.5. The Balaban J connectivity index is 1.51. The molecule has 4 rings (SSSR count). The minimum Gasteiger partial charge on any atom is -0.495 e. The number of rotatable bonds is 6. The molecule has 1 N–H and O–H groups in total. The number of benzene rings is 1. The molecule has 0 unspecified atom stereocenters. The van der Waals surface area contributed by atoms with Crippen molar-refractivity contribution < 1.29 is 17.9 Å². The Morgan fingerprint density at radius 3 is 2.61 bits per heavy atom. The summed E-state index contributed by atoms with van der Waals surface area (Å²) >= 11 is 1.58. The van der Waals surface area contributed by atoms with Gasteiger partial charge in [-0.1, -0.05) is 0 Å². The third kappa shape index (κ3) is 3.98. The van der Waals surface area contributed by atoms with E-state index in [9.17, 15) is 13.2 Å². The highest BCUT2D eigenvalue weighted by Crippen LogP contribution is 2.29. The maximum atomic E-state index is 12.9. The number of nitrogens with one attached hydrogen (secondary N) is 1. The molecule has 0 spiro atoms. The molecule has 1 aromatic heterocycles. The first-order chi connectivity index (χ1) is 13.5. The summed E-state index contributed by atoms with van der Waals surface area (Å²) in [5.74, 6) is 0.0580. The molecule has 1 aromatic carbocycles. The fraction of sp³-hybridized carbons (Fsp3) is 0.444. The number of amides is 1. The molecule has 0 bridgehead atoms. The largest absolute Gasteiger partial charge is 0.495 e. The number of thiazole rings is 1. The SMILES string of the molecule is COc1ccc(C(=O)N2CCN(c3nccs3)CC2)cc1S(=O)(=O)NC1CC1. The zero-order valence-electron chi connectivity index (χ0n) is 15.5. The van der Waals surface area contributed by atoms with Crippen LogP contribution in [0.15, 0.2) is 34.7 Å². The van der Waals surface area contributed by atoms with Crippen molar-refractivity contribution in [3.63, 3.8) is 0 Å². The van der Waals surface area contributed by atoms with Crippen LogP contribution in [0.25, 0.3) is 0 Å². The van der Waals surface area contributed by atoms with Gasteiger partial charge in [-0.05, 0) is 31.0 Å². The van der Waals surface area contributed by atoms with Gasteiger partial charge < -0.3 is 14.5 Å². The van der Waals surface area contributed by atoms with Gasteiger partial charge in [-0.15, -0.1) is 11.3 Å². The number of methoxy groups -OCH3 is 1. The molecule has 2 aliphatic rings. The number of ether oxygens (including phenoxy) is 1. The number of anilines is 1. The quantitative estimate of drug-likeness (QED) is 0.760. The van der Waals surface area contributed by atoms with Crippen LogP contribution in [0.1, 0.15) is 23.2 Å². The van der Waals surface area contributed by atoms with E-state index >= 15 is 0 Å². The summed E-state index contributed by atoms with van der Waals surface area (Å²) in [4.78, 5) is 21.2. The molecule has 2 fully saturated rings. The minimum absolute atomic E-state index is 0.00849. The van der Waals surface area contributed by atoms with Gasteiger partial charge in [0.1, 0.15) is 10.6 Å². The van der Waals surface area contributed by atoms with E-state index in [1.807, 2.05) is 5.38 Å². The van der Waals surface area contributed by atoms with Crippen molar-refractivity contribution in [2.45, 2.75) is 23.8 Å². The molecule has 1 aliphatic heterocycles. The van der Waals surface area contributed by atoms with Crippen molar-refractivity contribution in [2.75, 3.05) is 38.2 Å². The Bertz CT molecular complexity index is 950. The van der Waals surface area contributed by atoms with Crippen molar-refractivity contribution in [2.24, 2.45) is 0 Å². The van der Waals surface area contributed by atoms with E-state index in [1.54, 1.807) is 34.6 Å². The highest BCUT2D eigenvalue weighted by atomic mass is 32.2. The second-order valence-electron chi connectivity index (χ2n) is 6.86. The van der Waals surface area contributed by atoms with Crippen LogP contribution in [-0.4, -0.2) is 63.5 Å². The van der Waals surface area contributed by atoms with Gasteiger partial charge in [0.25, 0.3) is 5.91 Å². The van der Waals surface area contributed by atoms with Crippen LogP contribution in [0.3, 0.4) is 0 Å². The fourth-order valence-corrected chi connectivity index (χ4v) is 5.36. The summed E-state index contributed by atoms with van der Waals surface area (Å²) in [6, 6.07) is 4.55. The van der Waals surface area contributed by atoms with Crippen molar-refractivity contribution >= 4 is 32.4 Å². The van der Waals surface area contributed by atoms with Crippen LogP contribution in [-0.2, 0) is 10.0 Å². The Morgan fingerprint density at radius 1 is 1.25 bits per heavy atom. The molecule has 1 saturated heterocycles. The van der Waals surface area contributed by atoms with Gasteiger partial charge in [-0.3, -0.25) is 4.79 Å². The monoisotopic (exact) mass is 422 g/mol. The number of hydrogen-bond donors (Lipinski definition) is 1. The molecular formula is C18H22N4O4S2. The number of carbonyl (C=O) groups excluding carboxylic acids is 1. The van der Waals surface area contributed by atoms with Crippen molar-refractivity contribution in [1.29, 1.82) is 0 Å². The Labute approximate surface area is 168 Å². The van der Waals surface area contributed by atoms with Crippen LogP contribution in [0, 0.1) is 0 Å². The maximum Gasteiger partial charge on any atom is 0.254 e. The number of sulfonamides is 1. The first kappa shape index (κ1) is 19.2. The number of carbonyl (C=O) groups is 1. The smallest absolute Gasteiger partial charge is 0.254 e. The number of aromatic nitrogens is 1. The van der Waals surface area contributed by atoms with Gasteiger partial charge in [-0.2, -0.15) is 0 Å². The van der Waals surface area contributed by atoms with Gasteiger partial charge >= 0.3 is 0 Å². The van der Waals surface area contributed by atoms with Crippen LogP contribution in [0.5, 0.6) is 5.75 Å². The van der Waals surface area contributed by atoms with Gasteiger partial charge in [-0.25, -0.2) is 18.1 Å². The van der Waals surface area contributed by atoms with Crippen molar-refractivity contribution in [3.8, 4) is 5.75 Å². The summed E-state index contributed by atoms with van der Waals surface area (Å²) in [6.07, 6.45) is 3.44. The highest BCUT2D eigenvalue weighted by molar-refractivity contribution is 7.89. The predicted octanol–water partition coefficient (Wildman–Crippen LogP) is 1.55. The van der Waals surface area contributed by atoms with Crippen molar-refractivity contribution in [3.05, 3.63) is 35.3 Å². The molecule has 150 valence electrons.